The van der Waals surface area contributed by atoms with Crippen LogP contribution in [0.25, 0.3) is 11.0 Å². The average molecular weight is 440 g/mol. The van der Waals surface area contributed by atoms with Gasteiger partial charge in [0.05, 0.1) is 34.3 Å². The normalized spacial score (nSPS) is 16.9. The van der Waals surface area contributed by atoms with Crippen LogP contribution in [-0.2, 0) is 6.54 Å². The van der Waals surface area contributed by atoms with E-state index in [0.717, 1.165) is 34.2 Å². The third-order valence-corrected chi connectivity index (χ3v) is 5.44. The lowest BCUT2D eigenvalue weighted by molar-refractivity contribution is 0.0696. The summed E-state index contributed by atoms with van der Waals surface area (Å²) in [6.07, 6.45) is 5.42. The van der Waals surface area contributed by atoms with Gasteiger partial charge in [-0.3, -0.25) is 9.48 Å². The minimum Gasteiger partial charge on any atom is -0.454 e. The first kappa shape index (κ1) is 17.2. The maximum absolute atomic E-state index is 13.1. The van der Waals surface area contributed by atoms with Crippen molar-refractivity contribution in [1.82, 2.24) is 24.6 Å². The van der Waals surface area contributed by atoms with Crippen molar-refractivity contribution in [3.63, 3.8) is 0 Å². The van der Waals surface area contributed by atoms with Crippen LogP contribution in [0.2, 0.25) is 0 Å². The van der Waals surface area contributed by atoms with Crippen molar-refractivity contribution in [3.8, 4) is 0 Å². The summed E-state index contributed by atoms with van der Waals surface area (Å²) in [7, 11) is 0. The number of hydrogen-bond donors (Lipinski definition) is 1. The van der Waals surface area contributed by atoms with Crippen LogP contribution in [0.15, 0.2) is 57.7 Å². The van der Waals surface area contributed by atoms with Gasteiger partial charge in [0.25, 0.3) is 5.91 Å². The topological polar surface area (TPSA) is 79.9 Å². The summed E-state index contributed by atoms with van der Waals surface area (Å²) in [6, 6.07) is 11.4. The van der Waals surface area contributed by atoms with Gasteiger partial charge in [-0.05, 0) is 53.0 Å². The van der Waals surface area contributed by atoms with Crippen LogP contribution in [0.4, 0.5) is 0 Å². The summed E-state index contributed by atoms with van der Waals surface area (Å²) in [6.45, 7) is 1.18. The van der Waals surface area contributed by atoms with Gasteiger partial charge < -0.3 is 14.3 Å². The highest BCUT2D eigenvalue weighted by Gasteiger charge is 2.34. The third kappa shape index (κ3) is 3.13. The lowest BCUT2D eigenvalue weighted by Crippen LogP contribution is -2.30. The number of likely N-dealkylation sites (tertiary alicyclic amines) is 1. The number of benzene rings is 1. The van der Waals surface area contributed by atoms with E-state index < -0.39 is 0 Å². The van der Waals surface area contributed by atoms with Gasteiger partial charge >= 0.3 is 0 Å². The largest absolute Gasteiger partial charge is 0.454 e. The van der Waals surface area contributed by atoms with Crippen molar-refractivity contribution in [2.24, 2.45) is 0 Å². The fraction of sp³-hybridized carbons (Fsp3) is 0.250. The van der Waals surface area contributed by atoms with Crippen LogP contribution in [-0.4, -0.2) is 37.1 Å². The van der Waals surface area contributed by atoms with E-state index >= 15 is 0 Å². The number of carbonyl (C=O) groups excluding carboxylic acids is 1. The molecule has 0 spiro atoms. The highest BCUT2D eigenvalue weighted by Crippen LogP contribution is 2.33. The van der Waals surface area contributed by atoms with Gasteiger partial charge in [-0.2, -0.15) is 5.10 Å². The maximum Gasteiger partial charge on any atom is 0.290 e. The molecule has 0 saturated carbocycles. The lowest BCUT2D eigenvalue weighted by atomic mass is 10.2. The Morgan fingerprint density at radius 2 is 2.18 bits per heavy atom. The number of aromatic nitrogens is 4. The number of rotatable bonds is 4. The Morgan fingerprint density at radius 3 is 3.00 bits per heavy atom. The van der Waals surface area contributed by atoms with Crippen LogP contribution in [0.1, 0.15) is 41.0 Å². The molecule has 1 aliphatic heterocycles. The fourth-order valence-electron chi connectivity index (χ4n) is 3.73. The molecule has 1 saturated heterocycles. The van der Waals surface area contributed by atoms with Crippen molar-refractivity contribution in [2.75, 3.05) is 6.54 Å². The number of H-pyrrole nitrogens is 1. The first-order chi connectivity index (χ1) is 13.7. The number of nitrogens with zero attached hydrogens (tertiary/aromatic N) is 4. The zero-order valence-electron chi connectivity index (χ0n) is 15.0. The van der Waals surface area contributed by atoms with Crippen LogP contribution < -0.4 is 0 Å². The van der Waals surface area contributed by atoms with Crippen molar-refractivity contribution < 1.29 is 9.21 Å². The molecule has 0 aliphatic carbocycles. The number of imidazole rings is 1. The predicted octanol–water partition coefficient (Wildman–Crippen LogP) is 4.14. The number of nitrogens with one attached hydrogen (secondary N) is 1. The molecule has 1 atom stereocenters. The molecule has 1 aliphatic rings. The molecule has 4 aromatic rings. The standard InChI is InChI=1S/C20H18BrN5O2/c21-13-10-22-25(11-13)12-14-7-8-18(28-14)20(27)26-9-3-6-17(26)19-23-15-4-1-2-5-16(15)24-19/h1-2,4-5,7-8,10-11,17H,3,6,9,12H2,(H,23,24). The number of halogens is 1. The van der Waals surface area contributed by atoms with E-state index in [4.69, 9.17) is 4.42 Å². The van der Waals surface area contributed by atoms with Crippen molar-refractivity contribution in [2.45, 2.75) is 25.4 Å². The molecule has 0 bridgehead atoms. The molecule has 1 N–H and O–H groups in total. The zero-order chi connectivity index (χ0) is 19.1. The van der Waals surface area contributed by atoms with Gasteiger partial charge in [-0.15, -0.1) is 0 Å². The Hall–Kier alpha value is -2.87. The number of aromatic amines is 1. The first-order valence-corrected chi connectivity index (χ1v) is 9.99. The summed E-state index contributed by atoms with van der Waals surface area (Å²) >= 11 is 3.38. The molecule has 4 heterocycles. The van der Waals surface area contributed by atoms with Crippen LogP contribution in [0.5, 0.6) is 0 Å². The van der Waals surface area contributed by atoms with Gasteiger partial charge in [0.2, 0.25) is 0 Å². The SMILES string of the molecule is O=C(c1ccc(Cn2cc(Br)cn2)o1)N1CCCC1c1nc2ccccc2[nH]1. The molecule has 28 heavy (non-hydrogen) atoms. The molecule has 1 amide bonds. The van der Waals surface area contributed by atoms with Crippen LogP contribution in [0, 0.1) is 0 Å². The van der Waals surface area contributed by atoms with E-state index in [9.17, 15) is 4.79 Å². The molecule has 7 nitrogen and oxygen atoms in total. The van der Waals surface area contributed by atoms with E-state index in [1.807, 2.05) is 41.4 Å². The Kier molecular flexibility index (Phi) is 4.27. The van der Waals surface area contributed by atoms with Gasteiger partial charge in [0.15, 0.2) is 5.76 Å². The van der Waals surface area contributed by atoms with Crippen molar-refractivity contribution in [3.05, 3.63) is 70.6 Å². The Labute approximate surface area is 169 Å². The van der Waals surface area contributed by atoms with Gasteiger partial charge in [-0.25, -0.2) is 4.98 Å². The summed E-state index contributed by atoms with van der Waals surface area (Å²) < 4.78 is 8.47. The van der Waals surface area contributed by atoms with Crippen LogP contribution in [0.3, 0.4) is 0 Å². The van der Waals surface area contributed by atoms with Crippen molar-refractivity contribution in [1.29, 1.82) is 0 Å². The van der Waals surface area contributed by atoms with E-state index in [2.05, 4.69) is 31.0 Å². The van der Waals surface area contributed by atoms with Gasteiger partial charge in [0, 0.05) is 12.7 Å². The lowest BCUT2D eigenvalue weighted by Gasteiger charge is -2.22. The second kappa shape index (κ2) is 6.94. The second-order valence-corrected chi connectivity index (χ2v) is 7.83. The van der Waals surface area contributed by atoms with E-state index in [1.54, 1.807) is 16.9 Å². The summed E-state index contributed by atoms with van der Waals surface area (Å²) in [5, 5.41) is 4.22. The highest BCUT2D eigenvalue weighted by molar-refractivity contribution is 9.10. The summed E-state index contributed by atoms with van der Waals surface area (Å²) in [5.41, 5.74) is 1.91. The molecule has 1 unspecified atom stereocenters. The van der Waals surface area contributed by atoms with Crippen LogP contribution >= 0.6 is 15.9 Å². The summed E-state index contributed by atoms with van der Waals surface area (Å²) in [4.78, 5) is 23.0. The summed E-state index contributed by atoms with van der Waals surface area (Å²) in [5.74, 6) is 1.78. The number of carbonyl (C=O) groups is 1. The molecule has 142 valence electrons. The van der Waals surface area contributed by atoms with Gasteiger partial charge in [-0.1, -0.05) is 12.1 Å². The molecule has 0 radical (unpaired) electrons. The van der Waals surface area contributed by atoms with E-state index in [1.165, 1.54) is 0 Å². The van der Waals surface area contributed by atoms with E-state index in [0.29, 0.717) is 24.6 Å². The Bertz CT molecular complexity index is 1110. The molecule has 8 heteroatoms. The smallest absolute Gasteiger partial charge is 0.290 e. The monoisotopic (exact) mass is 439 g/mol. The highest BCUT2D eigenvalue weighted by atomic mass is 79.9. The molecule has 1 aromatic carbocycles. The second-order valence-electron chi connectivity index (χ2n) is 6.92. The molecular formula is C20H18BrN5O2. The Balaban J connectivity index is 1.36. The molecule has 1 fully saturated rings. The van der Waals surface area contributed by atoms with E-state index in [-0.39, 0.29) is 11.9 Å². The minimum atomic E-state index is -0.101. The fourth-order valence-corrected chi connectivity index (χ4v) is 4.06. The van der Waals surface area contributed by atoms with Crippen molar-refractivity contribution >= 4 is 32.9 Å². The minimum absolute atomic E-state index is 0.0597. The number of hydrogen-bond acceptors (Lipinski definition) is 4. The van der Waals surface area contributed by atoms with Gasteiger partial charge in [0.1, 0.15) is 11.6 Å². The quantitative estimate of drug-likeness (QED) is 0.517. The number of fused-ring (bicyclic) bond motifs is 1. The average Bonchev–Trinajstić information content (AvgIpc) is 3.47. The maximum atomic E-state index is 13.1. The molecular weight excluding hydrogens is 422 g/mol. The number of para-hydroxylation sites is 2. The number of furan rings is 1. The first-order valence-electron chi connectivity index (χ1n) is 9.20. The Morgan fingerprint density at radius 1 is 1.29 bits per heavy atom. The zero-order valence-corrected chi connectivity index (χ0v) is 16.6. The molecule has 3 aromatic heterocycles. The third-order valence-electron chi connectivity index (χ3n) is 5.03. The molecule has 5 rings (SSSR count). The predicted molar refractivity (Wildman–Crippen MR) is 107 cm³/mol. The number of amides is 1.